The van der Waals surface area contributed by atoms with E-state index in [1.807, 2.05) is 38.4 Å². The molecule has 1 fully saturated rings. The molecule has 0 aliphatic carbocycles. The first-order valence-electron chi connectivity index (χ1n) is 6.24. The van der Waals surface area contributed by atoms with E-state index in [2.05, 4.69) is 11.9 Å². The summed E-state index contributed by atoms with van der Waals surface area (Å²) in [6.45, 7) is 1.75. The van der Waals surface area contributed by atoms with Crippen LogP contribution in [0, 0.1) is 5.92 Å². The summed E-state index contributed by atoms with van der Waals surface area (Å²) in [6, 6.07) is 7.89. The minimum Gasteiger partial charge on any atom is -0.399 e. The van der Waals surface area contributed by atoms with Crippen molar-refractivity contribution < 1.29 is 4.79 Å². The fourth-order valence-electron chi connectivity index (χ4n) is 2.66. The molecule has 0 aromatic heterocycles. The van der Waals surface area contributed by atoms with Gasteiger partial charge >= 0.3 is 0 Å². The van der Waals surface area contributed by atoms with Crippen LogP contribution in [0.5, 0.6) is 0 Å². The Bertz CT molecular complexity index is 427. The van der Waals surface area contributed by atoms with E-state index in [9.17, 15) is 4.79 Å². The summed E-state index contributed by atoms with van der Waals surface area (Å²) >= 11 is 0. The Kier molecular flexibility index (Phi) is 3.57. The number of carbonyl (C=O) groups excluding carboxylic acids is 1. The number of carbonyl (C=O) groups is 1. The van der Waals surface area contributed by atoms with Crippen LogP contribution < -0.4 is 5.73 Å². The number of likely N-dealkylation sites (tertiary alicyclic amines) is 1. The molecular weight excluding hydrogens is 226 g/mol. The molecule has 1 amide bonds. The lowest BCUT2D eigenvalue weighted by Gasteiger charge is -2.21. The maximum absolute atomic E-state index is 12.2. The summed E-state index contributed by atoms with van der Waals surface area (Å²) in [4.78, 5) is 16.1. The van der Waals surface area contributed by atoms with E-state index in [4.69, 9.17) is 5.73 Å². The number of rotatable bonds is 2. The van der Waals surface area contributed by atoms with Crippen LogP contribution in [-0.4, -0.2) is 49.9 Å². The minimum atomic E-state index is 0.0497. The lowest BCUT2D eigenvalue weighted by molar-refractivity contribution is -0.132. The van der Waals surface area contributed by atoms with E-state index < -0.39 is 0 Å². The molecule has 0 unspecified atom stereocenters. The van der Waals surface area contributed by atoms with Crippen LogP contribution >= 0.6 is 0 Å². The van der Waals surface area contributed by atoms with Gasteiger partial charge in [-0.2, -0.15) is 0 Å². The summed E-state index contributed by atoms with van der Waals surface area (Å²) in [5, 5.41) is 0. The number of amides is 1. The second-order valence-electron chi connectivity index (χ2n) is 5.33. The molecule has 1 aromatic rings. The zero-order valence-corrected chi connectivity index (χ0v) is 11.3. The fraction of sp³-hybridized carbons (Fsp3) is 0.500. The van der Waals surface area contributed by atoms with Crippen molar-refractivity contribution in [2.24, 2.45) is 5.92 Å². The molecule has 1 heterocycles. The topological polar surface area (TPSA) is 49.6 Å². The largest absolute Gasteiger partial charge is 0.399 e. The molecule has 2 rings (SSSR count). The Labute approximate surface area is 108 Å². The molecule has 4 nitrogen and oxygen atoms in total. The van der Waals surface area contributed by atoms with Gasteiger partial charge in [0, 0.05) is 38.8 Å². The van der Waals surface area contributed by atoms with Gasteiger partial charge in [0.25, 0.3) is 0 Å². The smallest absolute Gasteiger partial charge is 0.227 e. The molecule has 1 aromatic carbocycles. The summed E-state index contributed by atoms with van der Waals surface area (Å²) in [7, 11) is 5.70. The van der Waals surface area contributed by atoms with Gasteiger partial charge in [-0.15, -0.1) is 0 Å². The van der Waals surface area contributed by atoms with Gasteiger partial charge in [-0.05, 0) is 24.7 Å². The van der Waals surface area contributed by atoms with Crippen molar-refractivity contribution in [2.75, 3.05) is 40.0 Å². The summed E-state index contributed by atoms with van der Waals surface area (Å²) in [5.41, 5.74) is 7.68. The van der Waals surface area contributed by atoms with Crippen molar-refractivity contribution in [1.82, 2.24) is 9.80 Å². The predicted octanol–water partition coefficient (Wildman–Crippen LogP) is 1.00. The van der Waals surface area contributed by atoms with Crippen molar-refractivity contribution >= 4 is 11.6 Å². The van der Waals surface area contributed by atoms with Gasteiger partial charge in [-0.25, -0.2) is 0 Å². The molecule has 1 saturated heterocycles. The molecule has 1 aliphatic rings. The van der Waals surface area contributed by atoms with E-state index in [1.54, 1.807) is 4.90 Å². The van der Waals surface area contributed by atoms with Crippen LogP contribution in [0.2, 0.25) is 0 Å². The molecule has 2 atom stereocenters. The van der Waals surface area contributed by atoms with Gasteiger partial charge in [0.1, 0.15) is 0 Å². The number of benzene rings is 1. The minimum absolute atomic E-state index is 0.0497. The van der Waals surface area contributed by atoms with Crippen LogP contribution in [0.4, 0.5) is 5.69 Å². The predicted molar refractivity (Wildman–Crippen MR) is 73.3 cm³/mol. The van der Waals surface area contributed by atoms with Crippen molar-refractivity contribution in [1.29, 1.82) is 0 Å². The van der Waals surface area contributed by atoms with Crippen LogP contribution in [0.1, 0.15) is 11.5 Å². The molecule has 18 heavy (non-hydrogen) atoms. The molecule has 0 spiro atoms. The number of nitrogens with two attached hydrogens (primary N) is 1. The van der Waals surface area contributed by atoms with Gasteiger partial charge < -0.3 is 15.5 Å². The zero-order chi connectivity index (χ0) is 13.3. The van der Waals surface area contributed by atoms with E-state index in [-0.39, 0.29) is 17.7 Å². The quantitative estimate of drug-likeness (QED) is 0.793. The van der Waals surface area contributed by atoms with Gasteiger partial charge in [0.15, 0.2) is 0 Å². The summed E-state index contributed by atoms with van der Waals surface area (Å²) in [6.07, 6.45) is 0. The van der Waals surface area contributed by atoms with Gasteiger partial charge in [0.05, 0.1) is 5.92 Å². The lowest BCUT2D eigenvalue weighted by Crippen LogP contribution is -2.33. The highest BCUT2D eigenvalue weighted by Crippen LogP contribution is 2.33. The Morgan fingerprint density at radius 1 is 1.28 bits per heavy atom. The average molecular weight is 247 g/mol. The molecule has 0 saturated carbocycles. The van der Waals surface area contributed by atoms with Crippen LogP contribution in [0.15, 0.2) is 24.3 Å². The SMILES string of the molecule is CN1C[C@H](C(=O)N(C)C)[C@@H](c2ccc(N)cc2)C1. The first kappa shape index (κ1) is 12.9. The molecular formula is C14H21N3O. The number of hydrogen-bond acceptors (Lipinski definition) is 3. The van der Waals surface area contributed by atoms with Gasteiger partial charge in [-0.3, -0.25) is 4.79 Å². The fourth-order valence-corrected chi connectivity index (χ4v) is 2.66. The summed E-state index contributed by atoms with van der Waals surface area (Å²) < 4.78 is 0. The van der Waals surface area contributed by atoms with Crippen LogP contribution in [-0.2, 0) is 4.79 Å². The number of hydrogen-bond donors (Lipinski definition) is 1. The van der Waals surface area contributed by atoms with Crippen molar-refractivity contribution in [3.63, 3.8) is 0 Å². The van der Waals surface area contributed by atoms with E-state index in [0.29, 0.717) is 0 Å². The van der Waals surface area contributed by atoms with E-state index >= 15 is 0 Å². The third kappa shape index (κ3) is 2.48. The molecule has 0 radical (unpaired) electrons. The van der Waals surface area contributed by atoms with Crippen molar-refractivity contribution in [3.05, 3.63) is 29.8 Å². The molecule has 98 valence electrons. The van der Waals surface area contributed by atoms with Gasteiger partial charge in [-0.1, -0.05) is 12.1 Å². The molecule has 1 aliphatic heterocycles. The highest BCUT2D eigenvalue weighted by atomic mass is 16.2. The molecule has 2 N–H and O–H groups in total. The van der Waals surface area contributed by atoms with Crippen molar-refractivity contribution in [2.45, 2.75) is 5.92 Å². The second-order valence-corrected chi connectivity index (χ2v) is 5.33. The normalized spacial score (nSPS) is 24.2. The average Bonchev–Trinajstić information content (AvgIpc) is 2.71. The molecule has 4 heteroatoms. The Morgan fingerprint density at radius 3 is 2.44 bits per heavy atom. The van der Waals surface area contributed by atoms with E-state index in [0.717, 1.165) is 18.8 Å². The monoisotopic (exact) mass is 247 g/mol. The van der Waals surface area contributed by atoms with Gasteiger partial charge in [0.2, 0.25) is 5.91 Å². The molecule has 0 bridgehead atoms. The number of likely N-dealkylation sites (N-methyl/N-ethyl adjacent to an activating group) is 1. The number of nitrogens with zero attached hydrogens (tertiary/aromatic N) is 2. The number of anilines is 1. The number of nitrogen functional groups attached to an aromatic ring is 1. The maximum atomic E-state index is 12.2. The Hall–Kier alpha value is -1.55. The highest BCUT2D eigenvalue weighted by Gasteiger charge is 2.37. The third-order valence-corrected chi connectivity index (χ3v) is 3.63. The Morgan fingerprint density at radius 2 is 1.89 bits per heavy atom. The van der Waals surface area contributed by atoms with Crippen molar-refractivity contribution in [3.8, 4) is 0 Å². The first-order chi connectivity index (χ1) is 8.49. The van der Waals surface area contributed by atoms with E-state index in [1.165, 1.54) is 5.56 Å². The summed E-state index contributed by atoms with van der Waals surface area (Å²) in [5.74, 6) is 0.528. The Balaban J connectivity index is 2.24. The maximum Gasteiger partial charge on any atom is 0.227 e. The standard InChI is InChI=1S/C14H21N3O/c1-16(2)14(18)13-9-17(3)8-12(13)10-4-6-11(15)7-5-10/h4-7,12-13H,8-9,15H2,1-3H3/t12-,13+/m1/s1. The van der Waals surface area contributed by atoms with Crippen LogP contribution in [0.3, 0.4) is 0 Å². The highest BCUT2D eigenvalue weighted by molar-refractivity contribution is 5.80. The lowest BCUT2D eigenvalue weighted by atomic mass is 9.88. The first-order valence-corrected chi connectivity index (χ1v) is 6.24. The van der Waals surface area contributed by atoms with Crippen LogP contribution in [0.25, 0.3) is 0 Å². The third-order valence-electron chi connectivity index (χ3n) is 3.63. The second kappa shape index (κ2) is 4.98. The zero-order valence-electron chi connectivity index (χ0n) is 11.3.